The summed E-state index contributed by atoms with van der Waals surface area (Å²) in [5, 5.41) is 13.7. The monoisotopic (exact) mass is 680 g/mol. The number of pyridine rings is 2. The lowest BCUT2D eigenvalue weighted by Crippen LogP contribution is -2.38. The van der Waals surface area contributed by atoms with Crippen molar-refractivity contribution in [2.45, 2.75) is 38.6 Å². The third-order valence-corrected chi connectivity index (χ3v) is 10.6. The molecule has 2 aromatic carbocycles. The van der Waals surface area contributed by atoms with Crippen LogP contribution >= 0.6 is 11.6 Å². The van der Waals surface area contributed by atoms with Gasteiger partial charge in [0.1, 0.15) is 11.2 Å². The summed E-state index contributed by atoms with van der Waals surface area (Å²) in [5.74, 6) is -0.0662. The molecular formula is C37H37ClN6O5. The maximum absolute atomic E-state index is 13.2. The van der Waals surface area contributed by atoms with E-state index in [1.54, 1.807) is 26.4 Å². The first-order valence-corrected chi connectivity index (χ1v) is 16.7. The number of nitrogens with one attached hydrogen (secondary N) is 1. The van der Waals surface area contributed by atoms with E-state index in [4.69, 9.17) is 21.3 Å². The minimum absolute atomic E-state index is 0.141. The van der Waals surface area contributed by atoms with E-state index in [0.29, 0.717) is 40.5 Å². The summed E-state index contributed by atoms with van der Waals surface area (Å²) < 4.78 is 8.39. The number of hydrogen-bond donors (Lipinski definition) is 2. The van der Waals surface area contributed by atoms with Gasteiger partial charge in [-0.25, -0.2) is 14.8 Å². The number of anilines is 2. The Balaban J connectivity index is 1.23. The molecule has 3 aromatic heterocycles. The molecule has 1 atom stereocenters. The molecule has 0 spiro atoms. The van der Waals surface area contributed by atoms with Crippen molar-refractivity contribution in [3.05, 3.63) is 97.3 Å². The van der Waals surface area contributed by atoms with E-state index in [1.165, 1.54) is 17.2 Å². The Kier molecular flexibility index (Phi) is 8.50. The fraction of sp³-hybridized carbons (Fsp3) is 0.324. The van der Waals surface area contributed by atoms with Gasteiger partial charge < -0.3 is 15.2 Å². The number of carbonyl (C=O) groups is 1. The average molecular weight is 681 g/mol. The van der Waals surface area contributed by atoms with Gasteiger partial charge in [-0.2, -0.15) is 0 Å². The van der Waals surface area contributed by atoms with Crippen molar-refractivity contribution in [1.82, 2.24) is 24.0 Å². The van der Waals surface area contributed by atoms with Gasteiger partial charge >= 0.3 is 11.7 Å². The van der Waals surface area contributed by atoms with Gasteiger partial charge in [-0.15, -0.1) is 0 Å². The number of rotatable bonds is 7. The Morgan fingerprint density at radius 2 is 1.71 bits per heavy atom. The second-order valence-electron chi connectivity index (χ2n) is 12.8. The van der Waals surface area contributed by atoms with Gasteiger partial charge in [0, 0.05) is 48.7 Å². The van der Waals surface area contributed by atoms with Crippen molar-refractivity contribution in [2.75, 3.05) is 25.5 Å². The van der Waals surface area contributed by atoms with Crippen molar-refractivity contribution in [3.63, 3.8) is 0 Å². The molecule has 0 bridgehead atoms. The molecule has 1 aliphatic carbocycles. The average Bonchev–Trinajstić information content (AvgIpc) is 3.55. The molecule has 11 nitrogen and oxygen atoms in total. The molecule has 2 N–H and O–H groups in total. The predicted octanol–water partition coefficient (Wildman–Crippen LogP) is 5.86. The third-order valence-electron chi connectivity index (χ3n) is 10.2. The molecule has 1 unspecified atom stereocenters. The Morgan fingerprint density at radius 3 is 2.45 bits per heavy atom. The van der Waals surface area contributed by atoms with Crippen LogP contribution in [-0.4, -0.2) is 55.3 Å². The van der Waals surface area contributed by atoms with Crippen LogP contribution in [0.25, 0.3) is 33.3 Å². The Bertz CT molecular complexity index is 2260. The van der Waals surface area contributed by atoms with E-state index in [1.807, 2.05) is 43.3 Å². The lowest BCUT2D eigenvalue weighted by molar-refractivity contribution is -0.143. The molecule has 4 heterocycles. The minimum Gasteiger partial charge on any atom is -0.481 e. The van der Waals surface area contributed by atoms with Crippen LogP contribution in [0, 0.1) is 12.8 Å². The summed E-state index contributed by atoms with van der Waals surface area (Å²) in [6.07, 6.45) is 4.66. The summed E-state index contributed by atoms with van der Waals surface area (Å²) in [4.78, 5) is 49.0. The maximum atomic E-state index is 13.2. The van der Waals surface area contributed by atoms with Crippen molar-refractivity contribution < 1.29 is 14.6 Å². The van der Waals surface area contributed by atoms with Crippen LogP contribution in [0.4, 0.5) is 11.5 Å². The fourth-order valence-corrected chi connectivity index (χ4v) is 7.77. The van der Waals surface area contributed by atoms with Crippen LogP contribution in [0.2, 0.25) is 5.02 Å². The van der Waals surface area contributed by atoms with Crippen LogP contribution in [-0.2, 0) is 25.3 Å². The topological polar surface area (TPSA) is 132 Å². The number of halogens is 1. The molecule has 7 rings (SSSR count). The number of nitrogens with zero attached hydrogens (tertiary/aromatic N) is 5. The van der Waals surface area contributed by atoms with Gasteiger partial charge in [-0.1, -0.05) is 41.9 Å². The van der Waals surface area contributed by atoms with E-state index in [-0.39, 0.29) is 12.0 Å². The lowest BCUT2D eigenvalue weighted by Gasteiger charge is -2.35. The number of carboxylic acid groups (broad SMARTS) is 1. The van der Waals surface area contributed by atoms with Gasteiger partial charge in [0.2, 0.25) is 5.88 Å². The zero-order valence-corrected chi connectivity index (χ0v) is 28.5. The number of methoxy groups -OCH3 is 1. The van der Waals surface area contributed by atoms with Crippen molar-refractivity contribution in [2.24, 2.45) is 20.0 Å². The van der Waals surface area contributed by atoms with Crippen LogP contribution in [0.3, 0.4) is 0 Å². The molecule has 1 aliphatic heterocycles. The number of hydrogen-bond acceptors (Lipinski definition) is 8. The van der Waals surface area contributed by atoms with Gasteiger partial charge in [0.05, 0.1) is 29.3 Å². The van der Waals surface area contributed by atoms with E-state index in [0.717, 1.165) is 69.7 Å². The second kappa shape index (κ2) is 12.8. The summed E-state index contributed by atoms with van der Waals surface area (Å²) >= 11 is 7.20. The Labute approximate surface area is 287 Å². The number of aryl methyl sites for hydroxylation is 2. The Morgan fingerprint density at radius 1 is 1.00 bits per heavy atom. The highest BCUT2D eigenvalue weighted by atomic mass is 35.5. The molecule has 0 radical (unpaired) electrons. The van der Waals surface area contributed by atoms with Crippen molar-refractivity contribution in [3.8, 4) is 28.3 Å². The molecule has 1 fully saturated rings. The Hall–Kier alpha value is -5.00. The number of aromatic nitrogens is 4. The zero-order valence-electron chi connectivity index (χ0n) is 27.8. The number of likely N-dealkylation sites (tertiary alicyclic amines) is 1. The normalized spacial score (nSPS) is 16.6. The number of ether oxygens (including phenoxy) is 1. The number of piperidine rings is 1. The van der Waals surface area contributed by atoms with E-state index in [2.05, 4.69) is 21.3 Å². The molecule has 0 saturated carbocycles. The van der Waals surface area contributed by atoms with Crippen LogP contribution in [0.1, 0.15) is 42.0 Å². The molecule has 1 saturated heterocycles. The third kappa shape index (κ3) is 5.56. The number of fused-ring (bicyclic) bond motifs is 2. The lowest BCUT2D eigenvalue weighted by atomic mass is 9.94. The predicted molar refractivity (Wildman–Crippen MR) is 190 cm³/mol. The maximum Gasteiger partial charge on any atom is 0.330 e. The highest BCUT2D eigenvalue weighted by Gasteiger charge is 2.36. The molecule has 12 heteroatoms. The second-order valence-corrected chi connectivity index (χ2v) is 13.2. The number of benzene rings is 2. The van der Waals surface area contributed by atoms with Crippen LogP contribution in [0.5, 0.6) is 5.88 Å². The first kappa shape index (κ1) is 32.5. The highest BCUT2D eigenvalue weighted by molar-refractivity contribution is 6.36. The van der Waals surface area contributed by atoms with Gasteiger partial charge in [-0.05, 0) is 80.6 Å². The molecule has 5 aromatic rings. The molecule has 2 aliphatic rings. The number of aliphatic carboxylic acids is 1. The molecular weight excluding hydrogens is 644 g/mol. The summed E-state index contributed by atoms with van der Waals surface area (Å²) in [7, 11) is 4.72. The first-order chi connectivity index (χ1) is 23.6. The standard InChI is InChI=1S/C37H37ClN6O5/c1-20-23(7-6-10-26(20)40-33-31-28(13-16-39-33)42(2)37(48)43(3)35(31)45)24-8-5-9-25(32(24)38)27-19-22-11-12-29(30(22)34(41-27)49-4)44-17-14-21(15-18-44)36(46)47/h5-10,13,16,19,21,29H,11-12,14-15,17-18H2,1-4H3,(H,39,40)(H,46,47). The SMILES string of the molecule is COc1nc(-c2cccc(-c3cccc(Nc4nccc5c4c(=O)n(C)c(=O)n5C)c3C)c2Cl)cc2c1C(N1CCC(C(=O)O)CC1)CC2. The van der Waals surface area contributed by atoms with Crippen LogP contribution in [0.15, 0.2) is 64.3 Å². The first-order valence-electron chi connectivity index (χ1n) is 16.3. The van der Waals surface area contributed by atoms with E-state index in [9.17, 15) is 19.5 Å². The van der Waals surface area contributed by atoms with Gasteiger partial charge in [0.15, 0.2) is 0 Å². The van der Waals surface area contributed by atoms with Gasteiger partial charge in [0.25, 0.3) is 5.56 Å². The summed E-state index contributed by atoms with van der Waals surface area (Å²) in [6.45, 7) is 3.45. The zero-order chi connectivity index (χ0) is 34.6. The quantitative estimate of drug-likeness (QED) is 0.217. The van der Waals surface area contributed by atoms with E-state index >= 15 is 0 Å². The van der Waals surface area contributed by atoms with E-state index < -0.39 is 17.2 Å². The number of carboxylic acids is 1. The summed E-state index contributed by atoms with van der Waals surface area (Å²) in [5.41, 5.74) is 6.77. The largest absolute Gasteiger partial charge is 0.481 e. The molecule has 49 heavy (non-hydrogen) atoms. The highest BCUT2D eigenvalue weighted by Crippen LogP contribution is 2.45. The smallest absolute Gasteiger partial charge is 0.330 e. The van der Waals surface area contributed by atoms with Crippen LogP contribution < -0.4 is 21.3 Å². The van der Waals surface area contributed by atoms with Gasteiger partial charge in [-0.3, -0.25) is 23.6 Å². The van der Waals surface area contributed by atoms with Crippen molar-refractivity contribution >= 4 is 40.0 Å². The minimum atomic E-state index is -0.712. The fourth-order valence-electron chi connectivity index (χ4n) is 7.45. The molecule has 0 amide bonds. The summed E-state index contributed by atoms with van der Waals surface area (Å²) in [6, 6.07) is 15.6. The molecule has 252 valence electrons. The van der Waals surface area contributed by atoms with Crippen molar-refractivity contribution in [1.29, 1.82) is 0 Å².